The maximum Gasteiger partial charge on any atom is 0.273 e. The van der Waals surface area contributed by atoms with E-state index in [-0.39, 0.29) is 17.8 Å². The molecule has 0 spiro atoms. The summed E-state index contributed by atoms with van der Waals surface area (Å²) >= 11 is 4.99. The van der Waals surface area contributed by atoms with Crippen LogP contribution in [0.15, 0.2) is 82.4 Å². The molecule has 1 N–H and O–H groups in total. The number of para-hydroxylation sites is 1. The lowest BCUT2D eigenvalue weighted by molar-refractivity contribution is -0.385. The molecule has 1 aromatic heterocycles. The summed E-state index contributed by atoms with van der Waals surface area (Å²) in [7, 11) is 0. The van der Waals surface area contributed by atoms with E-state index in [2.05, 4.69) is 31.4 Å². The van der Waals surface area contributed by atoms with Crippen molar-refractivity contribution in [3.63, 3.8) is 0 Å². The minimum absolute atomic E-state index is 0.0910. The van der Waals surface area contributed by atoms with Crippen LogP contribution >= 0.6 is 27.7 Å². The van der Waals surface area contributed by atoms with E-state index in [0.717, 1.165) is 15.7 Å². The Hall–Kier alpha value is -3.50. The molecule has 0 saturated heterocycles. The van der Waals surface area contributed by atoms with Gasteiger partial charge >= 0.3 is 0 Å². The van der Waals surface area contributed by atoms with Gasteiger partial charge in [0.05, 0.1) is 11.5 Å². The molecule has 3 aromatic carbocycles. The van der Waals surface area contributed by atoms with E-state index >= 15 is 0 Å². The van der Waals surface area contributed by atoms with Crippen LogP contribution in [0.2, 0.25) is 0 Å². The van der Waals surface area contributed by atoms with Gasteiger partial charge in [-0.25, -0.2) is 0 Å². The SMILES string of the molecule is Cc1c(C(=O)NCc2nnc(SCc3ccc(Br)cc3)n2-c2ccccc2)cccc1[N+](=O)[O-]. The summed E-state index contributed by atoms with van der Waals surface area (Å²) in [6.45, 7) is 1.68. The van der Waals surface area contributed by atoms with E-state index in [1.807, 2.05) is 59.2 Å². The third-order valence-electron chi connectivity index (χ3n) is 5.15. The molecule has 0 fully saturated rings. The summed E-state index contributed by atoms with van der Waals surface area (Å²) in [4.78, 5) is 23.5. The molecule has 0 aliphatic carbocycles. The number of carbonyl (C=O) groups is 1. The molecule has 172 valence electrons. The molecular weight excluding hydrogens is 518 g/mol. The highest BCUT2D eigenvalue weighted by atomic mass is 79.9. The van der Waals surface area contributed by atoms with Crippen LogP contribution in [0, 0.1) is 17.0 Å². The number of nitrogens with zero attached hydrogens (tertiary/aromatic N) is 4. The van der Waals surface area contributed by atoms with Crippen molar-refractivity contribution in [2.75, 3.05) is 0 Å². The van der Waals surface area contributed by atoms with Gasteiger partial charge < -0.3 is 5.32 Å². The molecule has 4 aromatic rings. The molecule has 1 amide bonds. The Morgan fingerprint density at radius 2 is 1.79 bits per heavy atom. The summed E-state index contributed by atoms with van der Waals surface area (Å²) in [6.07, 6.45) is 0. The maximum absolute atomic E-state index is 12.8. The van der Waals surface area contributed by atoms with Crippen LogP contribution in [-0.4, -0.2) is 25.6 Å². The van der Waals surface area contributed by atoms with Gasteiger partial charge in [-0.15, -0.1) is 10.2 Å². The average Bonchev–Trinajstić information content (AvgIpc) is 3.25. The van der Waals surface area contributed by atoms with Gasteiger partial charge in [-0.3, -0.25) is 19.5 Å². The number of halogens is 1. The van der Waals surface area contributed by atoms with Gasteiger partial charge in [-0.05, 0) is 42.8 Å². The fourth-order valence-electron chi connectivity index (χ4n) is 3.39. The quantitative estimate of drug-likeness (QED) is 0.181. The van der Waals surface area contributed by atoms with Crippen LogP contribution in [0.25, 0.3) is 5.69 Å². The Morgan fingerprint density at radius 3 is 2.50 bits per heavy atom. The van der Waals surface area contributed by atoms with E-state index in [4.69, 9.17) is 0 Å². The monoisotopic (exact) mass is 537 g/mol. The predicted molar refractivity (Wildman–Crippen MR) is 134 cm³/mol. The molecule has 0 aliphatic heterocycles. The molecule has 0 atom stereocenters. The van der Waals surface area contributed by atoms with E-state index in [1.165, 1.54) is 12.1 Å². The van der Waals surface area contributed by atoms with Crippen molar-refractivity contribution in [3.8, 4) is 5.69 Å². The average molecular weight is 538 g/mol. The largest absolute Gasteiger partial charge is 0.345 e. The third-order valence-corrected chi connectivity index (χ3v) is 6.68. The van der Waals surface area contributed by atoms with Gasteiger partial charge in [0.1, 0.15) is 0 Å². The zero-order valence-corrected chi connectivity index (χ0v) is 20.5. The predicted octanol–water partition coefficient (Wildman–Crippen LogP) is 5.47. The molecule has 34 heavy (non-hydrogen) atoms. The Balaban J connectivity index is 1.56. The second kappa shape index (κ2) is 10.6. The van der Waals surface area contributed by atoms with Gasteiger partial charge in [0.15, 0.2) is 11.0 Å². The number of nitro benzene ring substituents is 1. The molecule has 10 heteroatoms. The number of amides is 1. The molecular formula is C24H20BrN5O3S. The number of thioether (sulfide) groups is 1. The van der Waals surface area contributed by atoms with Crippen LogP contribution < -0.4 is 5.32 Å². The number of benzene rings is 3. The zero-order valence-electron chi connectivity index (χ0n) is 18.1. The first-order chi connectivity index (χ1) is 16.4. The first kappa shape index (κ1) is 23.7. The number of hydrogen-bond acceptors (Lipinski definition) is 6. The second-order valence-electron chi connectivity index (χ2n) is 7.37. The lowest BCUT2D eigenvalue weighted by Crippen LogP contribution is -2.25. The molecule has 0 aliphatic rings. The summed E-state index contributed by atoms with van der Waals surface area (Å²) in [5.74, 6) is 0.853. The standard InChI is InChI=1S/C24H20BrN5O3S/c1-16-20(8-5-9-21(16)30(32)33)23(31)26-14-22-27-28-24(29(22)19-6-3-2-4-7-19)34-15-17-10-12-18(25)13-11-17/h2-13H,14-15H2,1H3,(H,26,31). The van der Waals surface area contributed by atoms with Crippen molar-refractivity contribution >= 4 is 39.3 Å². The van der Waals surface area contributed by atoms with Crippen molar-refractivity contribution < 1.29 is 9.72 Å². The molecule has 0 unspecified atom stereocenters. The summed E-state index contributed by atoms with van der Waals surface area (Å²) < 4.78 is 2.93. The first-order valence-electron chi connectivity index (χ1n) is 10.3. The summed E-state index contributed by atoms with van der Waals surface area (Å²) in [5, 5.41) is 23.4. The van der Waals surface area contributed by atoms with Crippen LogP contribution in [0.5, 0.6) is 0 Å². The topological polar surface area (TPSA) is 103 Å². The van der Waals surface area contributed by atoms with Crippen molar-refractivity contribution in [3.05, 3.63) is 110 Å². The highest BCUT2D eigenvalue weighted by molar-refractivity contribution is 9.10. The van der Waals surface area contributed by atoms with E-state index < -0.39 is 10.8 Å². The van der Waals surface area contributed by atoms with Crippen LogP contribution in [0.4, 0.5) is 5.69 Å². The molecule has 0 saturated carbocycles. The molecule has 8 nitrogen and oxygen atoms in total. The van der Waals surface area contributed by atoms with Crippen molar-refractivity contribution in [1.29, 1.82) is 0 Å². The smallest absolute Gasteiger partial charge is 0.273 e. The Kier molecular flexibility index (Phi) is 7.39. The van der Waals surface area contributed by atoms with Gasteiger partial charge in [-0.2, -0.15) is 0 Å². The molecule has 0 radical (unpaired) electrons. The van der Waals surface area contributed by atoms with Gasteiger partial charge in [0.25, 0.3) is 11.6 Å². The Morgan fingerprint density at radius 1 is 1.06 bits per heavy atom. The number of aromatic nitrogens is 3. The fraction of sp³-hybridized carbons (Fsp3) is 0.125. The normalized spacial score (nSPS) is 10.8. The zero-order chi connectivity index (χ0) is 24.1. The van der Waals surface area contributed by atoms with Gasteiger partial charge in [0.2, 0.25) is 0 Å². The second-order valence-corrected chi connectivity index (χ2v) is 9.23. The summed E-state index contributed by atoms with van der Waals surface area (Å²) in [5.41, 5.74) is 2.50. The minimum Gasteiger partial charge on any atom is -0.345 e. The number of nitrogens with one attached hydrogen (secondary N) is 1. The highest BCUT2D eigenvalue weighted by Gasteiger charge is 2.20. The van der Waals surface area contributed by atoms with E-state index in [9.17, 15) is 14.9 Å². The number of hydrogen-bond donors (Lipinski definition) is 1. The van der Waals surface area contributed by atoms with Crippen molar-refractivity contribution in [2.45, 2.75) is 24.4 Å². The first-order valence-corrected chi connectivity index (χ1v) is 12.1. The third kappa shape index (κ3) is 5.35. The minimum atomic E-state index is -0.493. The fourth-order valence-corrected chi connectivity index (χ4v) is 4.59. The number of nitro groups is 1. The molecule has 1 heterocycles. The number of carbonyl (C=O) groups excluding carboxylic acids is 1. The Labute approximate surface area is 208 Å². The maximum atomic E-state index is 12.8. The molecule has 0 bridgehead atoms. The van der Waals surface area contributed by atoms with Crippen LogP contribution in [0.3, 0.4) is 0 Å². The van der Waals surface area contributed by atoms with Crippen LogP contribution in [-0.2, 0) is 12.3 Å². The van der Waals surface area contributed by atoms with Crippen molar-refractivity contribution in [2.24, 2.45) is 0 Å². The summed E-state index contributed by atoms with van der Waals surface area (Å²) in [6, 6.07) is 22.2. The number of rotatable bonds is 8. The van der Waals surface area contributed by atoms with E-state index in [0.29, 0.717) is 22.3 Å². The highest BCUT2D eigenvalue weighted by Crippen LogP contribution is 2.26. The van der Waals surface area contributed by atoms with E-state index in [1.54, 1.807) is 24.8 Å². The molecule has 4 rings (SSSR count). The Bertz CT molecular complexity index is 1330. The van der Waals surface area contributed by atoms with Gasteiger partial charge in [0, 0.05) is 33.1 Å². The van der Waals surface area contributed by atoms with Gasteiger partial charge in [-0.1, -0.05) is 64.1 Å². The van der Waals surface area contributed by atoms with Crippen molar-refractivity contribution in [1.82, 2.24) is 20.1 Å². The lowest BCUT2D eigenvalue weighted by Gasteiger charge is -2.12. The van der Waals surface area contributed by atoms with Crippen LogP contribution in [0.1, 0.15) is 27.3 Å². The lowest BCUT2D eigenvalue weighted by atomic mass is 10.1.